The fourth-order valence-electron chi connectivity index (χ4n) is 5.56. The summed E-state index contributed by atoms with van der Waals surface area (Å²) in [6.45, 7) is 6.35. The summed E-state index contributed by atoms with van der Waals surface area (Å²) < 4.78 is 10.9. The Balaban J connectivity index is 1.76. The van der Waals surface area contributed by atoms with E-state index in [0.29, 0.717) is 42.0 Å². The molecule has 3 heterocycles. The van der Waals surface area contributed by atoms with Crippen LogP contribution in [-0.2, 0) is 31.1 Å². The molecule has 0 unspecified atom stereocenters. The highest BCUT2D eigenvalue weighted by Gasteiger charge is 2.66. The lowest BCUT2D eigenvalue weighted by Crippen LogP contribution is -2.52. The predicted molar refractivity (Wildman–Crippen MR) is 134 cm³/mol. The number of nitrogens with zero attached hydrogens (tertiary/aromatic N) is 2. The Morgan fingerprint density at radius 1 is 1.25 bits per heavy atom. The van der Waals surface area contributed by atoms with Crippen LogP contribution < -0.4 is 9.64 Å². The minimum absolute atomic E-state index is 0.00176. The number of methoxy groups -OCH3 is 1. The molecule has 8 nitrogen and oxygen atoms in total. The van der Waals surface area contributed by atoms with E-state index in [2.05, 4.69) is 6.58 Å². The van der Waals surface area contributed by atoms with Crippen LogP contribution in [0, 0.1) is 0 Å². The molecule has 1 saturated heterocycles. The number of ether oxygens (including phenoxy) is 2. The molecule has 1 spiro atoms. The summed E-state index contributed by atoms with van der Waals surface area (Å²) in [7, 11) is 1.55. The van der Waals surface area contributed by atoms with Crippen molar-refractivity contribution in [2.24, 2.45) is 0 Å². The molecule has 2 atom stereocenters. The largest absolute Gasteiger partial charge is 0.507 e. The van der Waals surface area contributed by atoms with E-state index in [-0.39, 0.29) is 30.5 Å². The van der Waals surface area contributed by atoms with Gasteiger partial charge in [-0.1, -0.05) is 24.3 Å². The quantitative estimate of drug-likeness (QED) is 0.212. The molecule has 0 aliphatic carbocycles. The standard InChI is InChI=1S/C28H28N2O6/c1-4-12-29-21-9-6-5-8-20(21)28(27(29)34)23(25(32)26(33)30(28)13-7-14-35-3)24(31)18-10-11-22-19(16-18)15-17(2)36-22/h4-6,8-11,16-17,31H,1,7,12-15H2,2-3H3/t17-,28-/m1/s1. The SMILES string of the molecule is C=CCN1C(=O)[C@]2(C(=C(O)c3ccc4c(c3)C[C@@H](C)O4)C(=O)C(=O)N2CCCOC)c2ccccc21. The number of Topliss-reactive ketones (excluding diaryl/α,β-unsaturated/α-hetero) is 1. The molecule has 0 radical (unpaired) electrons. The molecule has 1 N–H and O–H groups in total. The van der Waals surface area contributed by atoms with Crippen molar-refractivity contribution >= 4 is 29.0 Å². The minimum Gasteiger partial charge on any atom is -0.507 e. The van der Waals surface area contributed by atoms with E-state index in [0.717, 1.165) is 5.56 Å². The number of hydrogen-bond acceptors (Lipinski definition) is 6. The van der Waals surface area contributed by atoms with Crippen LogP contribution >= 0.6 is 0 Å². The molecule has 0 bridgehead atoms. The first-order valence-corrected chi connectivity index (χ1v) is 12.0. The molecule has 5 rings (SSSR count). The lowest BCUT2D eigenvalue weighted by molar-refractivity contribution is -0.143. The number of carbonyl (C=O) groups excluding carboxylic acids is 3. The Hall–Kier alpha value is -3.91. The van der Waals surface area contributed by atoms with Gasteiger partial charge in [0.15, 0.2) is 5.54 Å². The monoisotopic (exact) mass is 488 g/mol. The molecular weight excluding hydrogens is 460 g/mol. The number of ketones is 1. The van der Waals surface area contributed by atoms with Gasteiger partial charge >= 0.3 is 0 Å². The Labute approximate surface area is 209 Å². The Morgan fingerprint density at radius 2 is 2.03 bits per heavy atom. The van der Waals surface area contributed by atoms with E-state index in [1.54, 1.807) is 55.7 Å². The number of hydrogen-bond donors (Lipinski definition) is 1. The lowest BCUT2D eigenvalue weighted by atomic mass is 9.81. The summed E-state index contributed by atoms with van der Waals surface area (Å²) >= 11 is 0. The van der Waals surface area contributed by atoms with Crippen molar-refractivity contribution in [3.8, 4) is 5.75 Å². The van der Waals surface area contributed by atoms with Gasteiger partial charge in [0.05, 0.1) is 11.3 Å². The van der Waals surface area contributed by atoms with Crippen molar-refractivity contribution in [2.45, 2.75) is 31.4 Å². The molecule has 1 fully saturated rings. The molecule has 2 amide bonds. The van der Waals surface area contributed by atoms with E-state index >= 15 is 0 Å². The normalized spacial score (nSPS) is 23.8. The van der Waals surface area contributed by atoms with E-state index in [9.17, 15) is 19.5 Å². The highest BCUT2D eigenvalue weighted by Crippen LogP contribution is 2.53. The zero-order valence-corrected chi connectivity index (χ0v) is 20.3. The molecule has 8 heteroatoms. The summed E-state index contributed by atoms with van der Waals surface area (Å²) in [6, 6.07) is 12.2. The number of anilines is 1. The molecule has 3 aliphatic rings. The minimum atomic E-state index is -1.78. The summed E-state index contributed by atoms with van der Waals surface area (Å²) in [5, 5.41) is 11.6. The predicted octanol–water partition coefficient (Wildman–Crippen LogP) is 3.16. The van der Waals surface area contributed by atoms with Gasteiger partial charge in [-0.3, -0.25) is 14.4 Å². The molecule has 2 aromatic rings. The van der Waals surface area contributed by atoms with Crippen molar-refractivity contribution in [3.05, 3.63) is 77.4 Å². The zero-order chi connectivity index (χ0) is 25.6. The van der Waals surface area contributed by atoms with Gasteiger partial charge in [-0.25, -0.2) is 0 Å². The lowest BCUT2D eigenvalue weighted by Gasteiger charge is -2.34. The second kappa shape index (κ2) is 8.95. The molecule has 0 aromatic heterocycles. The van der Waals surface area contributed by atoms with Crippen LogP contribution in [0.4, 0.5) is 5.69 Å². The summed E-state index contributed by atoms with van der Waals surface area (Å²) in [4.78, 5) is 44.0. The van der Waals surface area contributed by atoms with Crippen molar-refractivity contribution in [1.29, 1.82) is 0 Å². The van der Waals surface area contributed by atoms with Gasteiger partial charge in [0.25, 0.3) is 17.6 Å². The van der Waals surface area contributed by atoms with E-state index in [1.165, 1.54) is 9.80 Å². The fourth-order valence-corrected chi connectivity index (χ4v) is 5.56. The molecular formula is C28H28N2O6. The Morgan fingerprint density at radius 3 is 2.78 bits per heavy atom. The second-order valence-corrected chi connectivity index (χ2v) is 9.24. The van der Waals surface area contributed by atoms with Crippen LogP contribution in [0.2, 0.25) is 0 Å². The first kappa shape index (κ1) is 23.8. The number of rotatable bonds is 7. The third-order valence-corrected chi connectivity index (χ3v) is 7.02. The van der Waals surface area contributed by atoms with Crippen LogP contribution in [0.15, 0.2) is 60.7 Å². The third kappa shape index (κ3) is 3.28. The highest BCUT2D eigenvalue weighted by atomic mass is 16.5. The van der Waals surface area contributed by atoms with Gasteiger partial charge in [-0.2, -0.15) is 0 Å². The van der Waals surface area contributed by atoms with Gasteiger partial charge in [-0.15, -0.1) is 6.58 Å². The number of amides is 2. The Bertz CT molecular complexity index is 1310. The van der Waals surface area contributed by atoms with Gasteiger partial charge in [-0.05, 0) is 43.2 Å². The number of fused-ring (bicyclic) bond motifs is 3. The van der Waals surface area contributed by atoms with Crippen LogP contribution in [0.25, 0.3) is 5.76 Å². The van der Waals surface area contributed by atoms with Gasteiger partial charge < -0.3 is 24.4 Å². The average Bonchev–Trinajstić information content (AvgIpc) is 3.44. The van der Waals surface area contributed by atoms with E-state index in [4.69, 9.17) is 9.47 Å². The number of likely N-dealkylation sites (tertiary alicyclic amines) is 1. The van der Waals surface area contributed by atoms with Crippen LogP contribution in [0.1, 0.15) is 30.0 Å². The van der Waals surface area contributed by atoms with Crippen LogP contribution in [-0.4, -0.2) is 60.5 Å². The summed E-state index contributed by atoms with van der Waals surface area (Å²) in [5.74, 6) is -1.85. The van der Waals surface area contributed by atoms with E-state index in [1.807, 2.05) is 6.92 Å². The van der Waals surface area contributed by atoms with E-state index < -0.39 is 23.1 Å². The Kier molecular flexibility index (Phi) is 5.92. The molecule has 2 aromatic carbocycles. The summed E-state index contributed by atoms with van der Waals surface area (Å²) in [6.07, 6.45) is 2.66. The third-order valence-electron chi connectivity index (χ3n) is 7.02. The molecule has 186 valence electrons. The maximum absolute atomic E-state index is 14.2. The smallest absolute Gasteiger partial charge is 0.296 e. The van der Waals surface area contributed by atoms with Crippen LogP contribution in [0.3, 0.4) is 0 Å². The number of para-hydroxylation sites is 1. The average molecular weight is 489 g/mol. The van der Waals surface area contributed by atoms with Gasteiger partial charge in [0.2, 0.25) is 0 Å². The topological polar surface area (TPSA) is 96.4 Å². The van der Waals surface area contributed by atoms with Crippen molar-refractivity contribution in [1.82, 2.24) is 4.90 Å². The number of benzene rings is 2. The maximum Gasteiger partial charge on any atom is 0.296 e. The number of aliphatic hydroxyl groups is 1. The van der Waals surface area contributed by atoms with Crippen molar-refractivity contribution < 1.29 is 29.0 Å². The zero-order valence-electron chi connectivity index (χ0n) is 20.3. The van der Waals surface area contributed by atoms with Gasteiger partial charge in [0, 0.05) is 44.4 Å². The molecule has 0 saturated carbocycles. The molecule has 3 aliphatic heterocycles. The first-order chi connectivity index (χ1) is 17.4. The number of aliphatic hydroxyl groups excluding tert-OH is 1. The number of carbonyl (C=O) groups is 3. The molecule has 36 heavy (non-hydrogen) atoms. The maximum atomic E-state index is 14.2. The fraction of sp³-hybridized carbons (Fsp3) is 0.321. The highest BCUT2D eigenvalue weighted by molar-refractivity contribution is 6.50. The van der Waals surface area contributed by atoms with Gasteiger partial charge in [0.1, 0.15) is 17.6 Å². The summed E-state index contributed by atoms with van der Waals surface area (Å²) in [5.41, 5.74) is 0.292. The first-order valence-electron chi connectivity index (χ1n) is 12.0. The van der Waals surface area contributed by atoms with Crippen molar-refractivity contribution in [3.63, 3.8) is 0 Å². The van der Waals surface area contributed by atoms with Crippen molar-refractivity contribution in [2.75, 3.05) is 31.7 Å². The second-order valence-electron chi connectivity index (χ2n) is 9.24. The van der Waals surface area contributed by atoms with Crippen LogP contribution in [0.5, 0.6) is 5.75 Å².